The molecule has 2 rings (SSSR count). The van der Waals surface area contributed by atoms with Crippen molar-refractivity contribution in [1.29, 1.82) is 0 Å². The van der Waals surface area contributed by atoms with Gasteiger partial charge in [-0.15, -0.1) is 0 Å². The molecule has 8 heteroatoms. The number of hydrogen-bond acceptors (Lipinski definition) is 8. The lowest BCUT2D eigenvalue weighted by molar-refractivity contribution is -0.129. The Kier molecular flexibility index (Phi) is 6.87. The lowest BCUT2D eigenvalue weighted by atomic mass is 10.2. The average Bonchev–Trinajstić information content (AvgIpc) is 2.63. The van der Waals surface area contributed by atoms with Crippen LogP contribution in [0.15, 0.2) is 36.4 Å². The summed E-state index contributed by atoms with van der Waals surface area (Å²) in [5.41, 5.74) is 0. The van der Waals surface area contributed by atoms with E-state index in [1.54, 1.807) is 18.2 Å². The second-order valence-electron chi connectivity index (χ2n) is 5.56. The zero-order valence-electron chi connectivity index (χ0n) is 14.9. The minimum absolute atomic E-state index is 0.119. The molecule has 0 bridgehead atoms. The van der Waals surface area contributed by atoms with E-state index in [1.807, 2.05) is 0 Å². The molecule has 2 N–H and O–H groups in total. The third-order valence-corrected chi connectivity index (χ3v) is 3.39. The van der Waals surface area contributed by atoms with E-state index in [1.165, 1.54) is 26.4 Å². The van der Waals surface area contributed by atoms with Crippen molar-refractivity contribution in [3.63, 3.8) is 0 Å². The second kappa shape index (κ2) is 9.33. The summed E-state index contributed by atoms with van der Waals surface area (Å²) in [5.74, 6) is 0.225. The van der Waals surface area contributed by atoms with Gasteiger partial charge in [0.05, 0.1) is 20.6 Å². The van der Waals surface area contributed by atoms with Gasteiger partial charge in [0.15, 0.2) is 11.6 Å². The Morgan fingerprint density at radius 2 is 1.11 bits per heavy atom. The predicted molar refractivity (Wildman–Crippen MR) is 94.9 cm³/mol. The Morgan fingerprint density at radius 3 is 1.56 bits per heavy atom. The Balaban J connectivity index is 1.82. The molecule has 2 aromatic carbocycles. The van der Waals surface area contributed by atoms with E-state index in [9.17, 15) is 19.8 Å². The van der Waals surface area contributed by atoms with Crippen LogP contribution >= 0.6 is 0 Å². The summed E-state index contributed by atoms with van der Waals surface area (Å²) < 4.78 is 20.8. The van der Waals surface area contributed by atoms with E-state index in [2.05, 4.69) is 0 Å². The number of rotatable bonds is 10. The first-order valence-electron chi connectivity index (χ1n) is 7.94. The molecule has 0 unspecified atom stereocenters. The summed E-state index contributed by atoms with van der Waals surface area (Å²) in [6, 6.07) is 8.46. The standard InChI is InChI=1S/C19H20O8/c1-24-16-7-17(25-2)9-19(8-16)27-11-15(23)4-14(22)10-26-18-5-12(20)3-13(21)6-18/h3,5-9,20-21H,4,10-11H2,1-2H3. The fourth-order valence-electron chi connectivity index (χ4n) is 2.17. The van der Waals surface area contributed by atoms with Crippen LogP contribution in [0, 0.1) is 0 Å². The van der Waals surface area contributed by atoms with Gasteiger partial charge in [-0.2, -0.15) is 0 Å². The van der Waals surface area contributed by atoms with Crippen molar-refractivity contribution in [2.45, 2.75) is 6.42 Å². The SMILES string of the molecule is COc1cc(OC)cc(OCC(=O)CC(=O)COc2cc(O)cc(O)c2)c1. The molecule has 144 valence electrons. The third-order valence-electron chi connectivity index (χ3n) is 3.39. The normalized spacial score (nSPS) is 10.1. The van der Waals surface area contributed by atoms with E-state index in [4.69, 9.17) is 18.9 Å². The highest BCUT2D eigenvalue weighted by atomic mass is 16.5. The van der Waals surface area contributed by atoms with Crippen molar-refractivity contribution in [3.05, 3.63) is 36.4 Å². The van der Waals surface area contributed by atoms with E-state index >= 15 is 0 Å². The van der Waals surface area contributed by atoms with E-state index in [0.717, 1.165) is 6.07 Å². The maximum absolute atomic E-state index is 11.9. The van der Waals surface area contributed by atoms with Crippen LogP contribution in [0.25, 0.3) is 0 Å². The van der Waals surface area contributed by atoms with Crippen molar-refractivity contribution in [1.82, 2.24) is 0 Å². The molecule has 0 saturated carbocycles. The molecule has 0 radical (unpaired) electrons. The number of carbonyl (C=O) groups excluding carboxylic acids is 2. The van der Waals surface area contributed by atoms with Crippen molar-refractivity contribution < 1.29 is 38.7 Å². The number of aromatic hydroxyl groups is 2. The summed E-state index contributed by atoms with van der Waals surface area (Å²) >= 11 is 0. The lowest BCUT2D eigenvalue weighted by Gasteiger charge is -2.10. The molecule has 8 nitrogen and oxygen atoms in total. The first-order chi connectivity index (χ1) is 12.9. The molecule has 0 aliphatic heterocycles. The predicted octanol–water partition coefficient (Wildman–Crippen LogP) is 2.10. The van der Waals surface area contributed by atoms with Gasteiger partial charge in [0.25, 0.3) is 0 Å². The van der Waals surface area contributed by atoms with Crippen LogP contribution in [0.3, 0.4) is 0 Å². The van der Waals surface area contributed by atoms with Gasteiger partial charge in [-0.3, -0.25) is 9.59 Å². The molecule has 0 aromatic heterocycles. The highest BCUT2D eigenvalue weighted by Gasteiger charge is 2.13. The van der Waals surface area contributed by atoms with Crippen molar-refractivity contribution in [2.75, 3.05) is 27.4 Å². The first-order valence-corrected chi connectivity index (χ1v) is 7.94. The van der Waals surface area contributed by atoms with Crippen LogP contribution in [-0.2, 0) is 9.59 Å². The highest BCUT2D eigenvalue weighted by molar-refractivity contribution is 6.00. The number of benzene rings is 2. The van der Waals surface area contributed by atoms with Crippen LogP contribution in [0.2, 0.25) is 0 Å². The van der Waals surface area contributed by atoms with Crippen LogP contribution < -0.4 is 18.9 Å². The summed E-state index contributed by atoms with van der Waals surface area (Å²) in [7, 11) is 2.99. The van der Waals surface area contributed by atoms with Crippen LogP contribution in [-0.4, -0.2) is 49.2 Å². The molecule has 27 heavy (non-hydrogen) atoms. The summed E-state index contributed by atoms with van der Waals surface area (Å²) in [5, 5.41) is 18.7. The van der Waals surface area contributed by atoms with Gasteiger partial charge in [-0.1, -0.05) is 0 Å². The number of carbonyl (C=O) groups is 2. The van der Waals surface area contributed by atoms with Gasteiger partial charge in [0, 0.05) is 36.4 Å². The van der Waals surface area contributed by atoms with Crippen molar-refractivity contribution in [3.8, 4) is 34.5 Å². The number of phenolic OH excluding ortho intramolecular Hbond substituents is 2. The Bertz CT molecular complexity index is 773. The molecule has 0 spiro atoms. The fraction of sp³-hybridized carbons (Fsp3) is 0.263. The quantitative estimate of drug-likeness (QED) is 0.607. The topological polar surface area (TPSA) is 112 Å². The van der Waals surface area contributed by atoms with E-state index in [-0.39, 0.29) is 36.9 Å². The smallest absolute Gasteiger partial charge is 0.177 e. The number of Topliss-reactive ketones (excluding diaryl/α,β-unsaturated/α-hetero) is 2. The number of hydrogen-bond donors (Lipinski definition) is 2. The summed E-state index contributed by atoms with van der Waals surface area (Å²) in [6.07, 6.45) is -0.369. The number of phenols is 2. The maximum atomic E-state index is 11.9. The molecule has 0 amide bonds. The first kappa shape index (κ1) is 19.9. The molecule has 0 heterocycles. The Labute approximate surface area is 155 Å². The fourth-order valence-corrected chi connectivity index (χ4v) is 2.17. The van der Waals surface area contributed by atoms with E-state index < -0.39 is 11.6 Å². The number of methoxy groups -OCH3 is 2. The zero-order chi connectivity index (χ0) is 19.8. The average molecular weight is 376 g/mol. The largest absolute Gasteiger partial charge is 0.508 e. The van der Waals surface area contributed by atoms with Gasteiger partial charge in [-0.05, 0) is 0 Å². The summed E-state index contributed by atoms with van der Waals surface area (Å²) in [4.78, 5) is 23.8. The summed E-state index contributed by atoms with van der Waals surface area (Å²) in [6.45, 7) is -0.670. The maximum Gasteiger partial charge on any atom is 0.177 e. The van der Waals surface area contributed by atoms with Gasteiger partial charge in [0.2, 0.25) is 0 Å². The molecular formula is C19H20O8. The molecule has 0 fully saturated rings. The number of ether oxygens (including phenoxy) is 4. The van der Waals surface area contributed by atoms with Gasteiger partial charge in [-0.25, -0.2) is 0 Å². The van der Waals surface area contributed by atoms with Crippen LogP contribution in [0.5, 0.6) is 34.5 Å². The monoisotopic (exact) mass is 376 g/mol. The zero-order valence-corrected chi connectivity index (χ0v) is 14.9. The molecule has 0 atom stereocenters. The molecule has 2 aromatic rings. The third kappa shape index (κ3) is 6.43. The number of ketones is 2. The minimum Gasteiger partial charge on any atom is -0.508 e. The van der Waals surface area contributed by atoms with E-state index in [0.29, 0.717) is 17.2 Å². The minimum atomic E-state index is -0.463. The molecular weight excluding hydrogens is 356 g/mol. The van der Waals surface area contributed by atoms with Crippen molar-refractivity contribution in [2.24, 2.45) is 0 Å². The molecule has 0 aliphatic carbocycles. The Hall–Kier alpha value is -3.42. The molecule has 0 aliphatic rings. The van der Waals surface area contributed by atoms with Crippen molar-refractivity contribution >= 4 is 11.6 Å². The van der Waals surface area contributed by atoms with Crippen LogP contribution in [0.1, 0.15) is 6.42 Å². The van der Waals surface area contributed by atoms with Gasteiger partial charge < -0.3 is 29.2 Å². The Morgan fingerprint density at radius 1 is 0.704 bits per heavy atom. The van der Waals surface area contributed by atoms with Gasteiger partial charge in [0.1, 0.15) is 47.7 Å². The van der Waals surface area contributed by atoms with Crippen LogP contribution in [0.4, 0.5) is 0 Å². The lowest BCUT2D eigenvalue weighted by Crippen LogP contribution is -2.20. The second-order valence-corrected chi connectivity index (χ2v) is 5.56. The molecule has 0 saturated heterocycles. The van der Waals surface area contributed by atoms with Gasteiger partial charge >= 0.3 is 0 Å². The highest BCUT2D eigenvalue weighted by Crippen LogP contribution is 2.27.